The van der Waals surface area contributed by atoms with Crippen molar-refractivity contribution in [2.24, 2.45) is 5.92 Å². The first kappa shape index (κ1) is 34.8. The van der Waals surface area contributed by atoms with Crippen LogP contribution in [-0.4, -0.2) is 61.5 Å². The van der Waals surface area contributed by atoms with Gasteiger partial charge in [0, 0.05) is 53.8 Å². The lowest BCUT2D eigenvalue weighted by Crippen LogP contribution is -2.40. The van der Waals surface area contributed by atoms with Crippen LogP contribution in [-0.2, 0) is 4.74 Å². The van der Waals surface area contributed by atoms with Gasteiger partial charge in [-0.2, -0.15) is 5.26 Å². The molecule has 0 saturated carbocycles. The molecule has 0 atom stereocenters. The van der Waals surface area contributed by atoms with Gasteiger partial charge in [0.15, 0.2) is 0 Å². The highest BCUT2D eigenvalue weighted by Crippen LogP contribution is 2.30. The molecule has 1 aliphatic rings. The average Bonchev–Trinajstić information content (AvgIpc) is 3.40. The van der Waals surface area contributed by atoms with Gasteiger partial charge in [-0.05, 0) is 91.4 Å². The van der Waals surface area contributed by atoms with E-state index in [2.05, 4.69) is 84.8 Å². The molecule has 0 spiro atoms. The number of rotatable bonds is 12. The lowest BCUT2D eigenvalue weighted by molar-refractivity contribution is 0.0387. The van der Waals surface area contributed by atoms with E-state index in [1.165, 1.54) is 11.9 Å². The minimum Gasteiger partial charge on any atom is -0.396 e. The van der Waals surface area contributed by atoms with Crippen molar-refractivity contribution in [2.45, 2.75) is 53.5 Å². The van der Waals surface area contributed by atoms with Crippen LogP contribution in [0.15, 0.2) is 47.0 Å². The van der Waals surface area contributed by atoms with Crippen molar-refractivity contribution < 1.29 is 9.84 Å². The molecule has 1 fully saturated rings. The van der Waals surface area contributed by atoms with E-state index in [-0.39, 0.29) is 12.1 Å². The molecule has 8 heteroatoms. The van der Waals surface area contributed by atoms with E-state index in [9.17, 15) is 10.4 Å². The maximum atomic E-state index is 9.56. The Balaban J connectivity index is 0.00000138. The number of thiophene rings is 1. The fraction of sp³-hybridized carbons (Fsp3) is 0.485. The third kappa shape index (κ3) is 13.4. The maximum absolute atomic E-state index is 9.56. The number of ether oxygens (including phenoxy) is 1. The van der Waals surface area contributed by atoms with Gasteiger partial charge in [0.1, 0.15) is 11.0 Å². The first-order valence-electron chi connectivity index (χ1n) is 14.3. The van der Waals surface area contributed by atoms with Gasteiger partial charge in [-0.15, -0.1) is 11.3 Å². The molecule has 0 bridgehead atoms. The van der Waals surface area contributed by atoms with Gasteiger partial charge in [-0.25, -0.2) is 0 Å². The minimum absolute atomic E-state index is 0.104. The van der Waals surface area contributed by atoms with Crippen molar-refractivity contribution in [3.8, 4) is 16.5 Å². The average molecular weight is 597 g/mol. The summed E-state index contributed by atoms with van der Waals surface area (Å²) in [5.41, 5.74) is 1.94. The summed E-state index contributed by atoms with van der Waals surface area (Å²) < 4.78 is 8.70. The molecule has 1 saturated heterocycles. The smallest absolute Gasteiger partial charge is 0.108 e. The second-order valence-electron chi connectivity index (χ2n) is 11.3. The highest BCUT2D eigenvalue weighted by molar-refractivity contribution is 8.01. The van der Waals surface area contributed by atoms with Gasteiger partial charge < -0.3 is 15.2 Å². The molecule has 2 heterocycles. The van der Waals surface area contributed by atoms with Gasteiger partial charge >= 0.3 is 0 Å². The van der Waals surface area contributed by atoms with E-state index in [1.807, 2.05) is 32.9 Å². The van der Waals surface area contributed by atoms with Crippen molar-refractivity contribution in [3.63, 3.8) is 0 Å². The van der Waals surface area contributed by atoms with Crippen LogP contribution in [0.5, 0.6) is 0 Å². The standard InChI is InChI=1S/C29H38N4O2S2.C4H10/c1-5-25(31-11-12-33-13-16-35-17-14-33)19-23-6-7-24(18-22(23)2)28-9-8-26(36-28)20-27(21-30)37-32-29(3,4)10-15-34;1-4(2)3/h5-9,18-20,31-32,34H,2,10-17H2,1,3-4H3;4H,1-3H3/b23-19-,25-5+,27-20+;. The zero-order chi connectivity index (χ0) is 30.3. The highest BCUT2D eigenvalue weighted by atomic mass is 32.2. The molecule has 0 radical (unpaired) electrons. The Morgan fingerprint density at radius 3 is 2.56 bits per heavy atom. The number of hydrogen-bond acceptors (Lipinski definition) is 8. The van der Waals surface area contributed by atoms with Crippen LogP contribution < -0.4 is 20.5 Å². The third-order valence-corrected chi connectivity index (χ3v) is 8.26. The first-order chi connectivity index (χ1) is 19.6. The van der Waals surface area contributed by atoms with Gasteiger partial charge in [-0.1, -0.05) is 45.6 Å². The summed E-state index contributed by atoms with van der Waals surface area (Å²) in [7, 11) is 0. The first-order valence-corrected chi connectivity index (χ1v) is 16.0. The zero-order valence-corrected chi connectivity index (χ0v) is 27.3. The number of aliphatic hydroxyl groups excluding tert-OH is 1. The summed E-state index contributed by atoms with van der Waals surface area (Å²) in [4.78, 5) is 5.15. The Hall–Kier alpha value is -2.38. The lowest BCUT2D eigenvalue weighted by atomic mass is 10.0. The number of benzene rings is 1. The largest absolute Gasteiger partial charge is 0.396 e. The monoisotopic (exact) mass is 596 g/mol. The Morgan fingerprint density at radius 1 is 1.24 bits per heavy atom. The van der Waals surface area contributed by atoms with Crippen molar-refractivity contribution in [3.05, 3.63) is 62.3 Å². The number of allylic oxidation sites excluding steroid dienone is 3. The van der Waals surface area contributed by atoms with Gasteiger partial charge in [-0.3, -0.25) is 9.62 Å². The number of nitrogens with one attached hydrogen (secondary N) is 2. The van der Waals surface area contributed by atoms with E-state index in [0.29, 0.717) is 11.3 Å². The van der Waals surface area contributed by atoms with Gasteiger partial charge in [0.05, 0.1) is 13.2 Å². The Labute approximate surface area is 255 Å². The summed E-state index contributed by atoms with van der Waals surface area (Å²) in [5.74, 6) is 0.833. The molecule has 1 aliphatic heterocycles. The van der Waals surface area contributed by atoms with Crippen molar-refractivity contribution in [1.29, 1.82) is 5.26 Å². The summed E-state index contributed by atoms with van der Waals surface area (Å²) in [5, 5.41) is 24.4. The number of hydrogen-bond donors (Lipinski definition) is 3. The Kier molecular flexibility index (Phi) is 15.5. The molecule has 41 heavy (non-hydrogen) atoms. The minimum atomic E-state index is -0.260. The molecular weight excluding hydrogens is 549 g/mol. The fourth-order valence-corrected chi connectivity index (χ4v) is 5.55. The normalized spacial score (nSPS) is 15.4. The third-order valence-electron chi connectivity index (χ3n) is 6.09. The lowest BCUT2D eigenvalue weighted by Gasteiger charge is -2.26. The molecule has 6 nitrogen and oxygen atoms in total. The maximum Gasteiger partial charge on any atom is 0.108 e. The molecule has 1 aromatic carbocycles. The van der Waals surface area contributed by atoms with Crippen molar-refractivity contribution in [2.75, 3.05) is 46.0 Å². The van der Waals surface area contributed by atoms with Crippen molar-refractivity contribution in [1.82, 2.24) is 14.9 Å². The molecular formula is C33H48N4O2S2. The number of aliphatic hydroxyl groups is 1. The van der Waals surface area contributed by atoms with E-state index < -0.39 is 0 Å². The van der Waals surface area contributed by atoms with Crippen LogP contribution in [0.25, 0.3) is 29.2 Å². The molecule has 2 aromatic rings. The SMILES string of the molecule is C=c1cc(-c2ccc(/C=C(\C#N)SNC(C)(C)CCO)s2)cc/c1=C/C(=C\C)NCCN1CCOCC1.CC(C)C. The highest BCUT2D eigenvalue weighted by Gasteiger charge is 2.17. The predicted molar refractivity (Wildman–Crippen MR) is 179 cm³/mol. The summed E-state index contributed by atoms with van der Waals surface area (Å²) in [6.07, 6.45) is 6.75. The van der Waals surface area contributed by atoms with Crippen LogP contribution >= 0.6 is 23.3 Å². The summed E-state index contributed by atoms with van der Waals surface area (Å²) in [6, 6.07) is 12.7. The van der Waals surface area contributed by atoms with E-state index in [4.69, 9.17) is 4.74 Å². The molecule has 0 unspecified atom stereocenters. The fourth-order valence-electron chi connectivity index (χ4n) is 3.81. The van der Waals surface area contributed by atoms with Gasteiger partial charge in [0.2, 0.25) is 0 Å². The second-order valence-corrected chi connectivity index (χ2v) is 13.3. The molecule has 3 N–H and O–H groups in total. The van der Waals surface area contributed by atoms with Crippen LogP contribution in [0.4, 0.5) is 0 Å². The number of nitriles is 1. The summed E-state index contributed by atoms with van der Waals surface area (Å²) in [6.45, 7) is 22.5. The molecule has 1 aromatic heterocycles. The Morgan fingerprint density at radius 2 is 1.95 bits per heavy atom. The quantitative estimate of drug-likeness (QED) is 0.225. The molecule has 224 valence electrons. The number of morpholine rings is 1. The van der Waals surface area contributed by atoms with Crippen LogP contribution in [0.2, 0.25) is 0 Å². The van der Waals surface area contributed by atoms with Gasteiger partial charge in [0.25, 0.3) is 0 Å². The molecule has 0 amide bonds. The number of nitrogens with zero attached hydrogens (tertiary/aromatic N) is 2. The molecule has 3 rings (SSSR count). The predicted octanol–water partition coefficient (Wildman–Crippen LogP) is 5.36. The summed E-state index contributed by atoms with van der Waals surface area (Å²) >= 11 is 2.95. The van der Waals surface area contributed by atoms with Crippen molar-refractivity contribution >= 4 is 42.0 Å². The van der Waals surface area contributed by atoms with Crippen LogP contribution in [0.1, 0.15) is 52.8 Å². The van der Waals surface area contributed by atoms with E-state index in [1.54, 1.807) is 11.3 Å². The second kappa shape index (κ2) is 18.2. The van der Waals surface area contributed by atoms with Crippen LogP contribution in [0, 0.1) is 17.2 Å². The van der Waals surface area contributed by atoms with Crippen LogP contribution in [0.3, 0.4) is 0 Å². The van der Waals surface area contributed by atoms with E-state index in [0.717, 1.165) is 76.8 Å². The molecule has 0 aliphatic carbocycles. The topological polar surface area (TPSA) is 80.5 Å². The Bertz CT molecular complexity index is 1280. The zero-order valence-electron chi connectivity index (χ0n) is 25.6. The van der Waals surface area contributed by atoms with E-state index >= 15 is 0 Å².